The summed E-state index contributed by atoms with van der Waals surface area (Å²) in [4.78, 5) is 11.5. The predicted octanol–water partition coefficient (Wildman–Crippen LogP) is 3.36. The molecule has 0 aromatic heterocycles. The van der Waals surface area contributed by atoms with Crippen LogP contribution in [0.15, 0.2) is 12.1 Å². The molecule has 0 atom stereocenters. The fourth-order valence-corrected chi connectivity index (χ4v) is 1.86. The van der Waals surface area contributed by atoms with Gasteiger partial charge < -0.3 is 4.74 Å². The molecule has 0 heterocycles. The van der Waals surface area contributed by atoms with Crippen LogP contribution >= 0.6 is 22.6 Å². The van der Waals surface area contributed by atoms with Crippen molar-refractivity contribution >= 4 is 28.6 Å². The highest BCUT2D eigenvalue weighted by Crippen LogP contribution is 2.34. The van der Waals surface area contributed by atoms with E-state index < -0.39 is 23.3 Å². The van der Waals surface area contributed by atoms with Crippen molar-refractivity contribution in [1.82, 2.24) is 0 Å². The molecule has 3 nitrogen and oxygen atoms in total. The van der Waals surface area contributed by atoms with E-state index in [1.807, 2.05) is 0 Å². The molecule has 0 bridgehead atoms. The molecule has 0 amide bonds. The smallest absolute Gasteiger partial charge is 0.417 e. The molecule has 0 radical (unpaired) electrons. The molecule has 0 fully saturated rings. The van der Waals surface area contributed by atoms with E-state index in [1.165, 1.54) is 6.92 Å². The van der Waals surface area contributed by atoms with Crippen LogP contribution < -0.4 is 0 Å². The zero-order valence-corrected chi connectivity index (χ0v) is 11.3. The molecule has 0 saturated heterocycles. The number of alkyl halides is 3. The minimum Gasteiger partial charge on any atom is -0.462 e. The minimum atomic E-state index is -4.67. The van der Waals surface area contributed by atoms with E-state index in [2.05, 4.69) is 4.74 Å². The van der Waals surface area contributed by atoms with Gasteiger partial charge in [0, 0.05) is 3.57 Å². The van der Waals surface area contributed by atoms with Crippen LogP contribution in [0.1, 0.15) is 28.4 Å². The molecule has 1 rings (SSSR count). The Morgan fingerprint density at radius 1 is 1.50 bits per heavy atom. The summed E-state index contributed by atoms with van der Waals surface area (Å²) in [5.41, 5.74) is -1.72. The second-order valence-electron chi connectivity index (χ2n) is 3.21. The molecule has 96 valence electrons. The van der Waals surface area contributed by atoms with Gasteiger partial charge in [0.05, 0.1) is 23.3 Å². The first-order chi connectivity index (χ1) is 8.31. The Morgan fingerprint density at radius 2 is 2.11 bits per heavy atom. The number of nitriles is 1. The van der Waals surface area contributed by atoms with E-state index in [9.17, 15) is 18.0 Å². The van der Waals surface area contributed by atoms with Crippen LogP contribution in [-0.4, -0.2) is 12.6 Å². The lowest BCUT2D eigenvalue weighted by Crippen LogP contribution is -2.16. The van der Waals surface area contributed by atoms with Gasteiger partial charge in [0.2, 0.25) is 0 Å². The number of hydrogen-bond donors (Lipinski definition) is 0. The molecule has 0 aliphatic rings. The number of carbonyl (C=O) groups is 1. The van der Waals surface area contributed by atoms with E-state index in [0.717, 1.165) is 12.1 Å². The molecular weight excluding hydrogens is 362 g/mol. The molecule has 18 heavy (non-hydrogen) atoms. The summed E-state index contributed by atoms with van der Waals surface area (Å²) in [6, 6.07) is 3.40. The van der Waals surface area contributed by atoms with Gasteiger partial charge in [0.25, 0.3) is 0 Å². The van der Waals surface area contributed by atoms with E-state index in [0.29, 0.717) is 0 Å². The van der Waals surface area contributed by atoms with Crippen LogP contribution in [0.2, 0.25) is 0 Å². The van der Waals surface area contributed by atoms with Gasteiger partial charge in [-0.15, -0.1) is 0 Å². The van der Waals surface area contributed by atoms with Crippen molar-refractivity contribution in [1.29, 1.82) is 5.26 Å². The molecule has 0 spiro atoms. The molecule has 0 unspecified atom stereocenters. The number of rotatable bonds is 2. The number of esters is 1. The predicted molar refractivity (Wildman–Crippen MR) is 64.8 cm³/mol. The summed E-state index contributed by atoms with van der Waals surface area (Å²) in [5.74, 6) is -1.09. The lowest BCUT2D eigenvalue weighted by Gasteiger charge is -2.13. The van der Waals surface area contributed by atoms with Crippen molar-refractivity contribution in [2.45, 2.75) is 13.1 Å². The second kappa shape index (κ2) is 5.56. The average molecular weight is 369 g/mol. The summed E-state index contributed by atoms with van der Waals surface area (Å²) in [6.45, 7) is 1.45. The standard InChI is InChI=1S/C11H7F3INO2/c1-2-18-10(17)7-3-6(5-16)9(15)4-8(7)11(12,13)14/h3-4H,2H2,1H3. The van der Waals surface area contributed by atoms with Gasteiger partial charge in [-0.05, 0) is 41.6 Å². The number of halogens is 4. The lowest BCUT2D eigenvalue weighted by molar-refractivity contribution is -0.138. The first-order valence-electron chi connectivity index (χ1n) is 4.79. The average Bonchev–Trinajstić information content (AvgIpc) is 2.27. The summed E-state index contributed by atoms with van der Waals surface area (Å²) in [5, 5.41) is 8.76. The highest BCUT2D eigenvalue weighted by molar-refractivity contribution is 14.1. The molecule has 0 aliphatic carbocycles. The summed E-state index contributed by atoms with van der Waals surface area (Å²) in [7, 11) is 0. The fraction of sp³-hybridized carbons (Fsp3) is 0.273. The highest BCUT2D eigenvalue weighted by Gasteiger charge is 2.36. The van der Waals surface area contributed by atoms with Gasteiger partial charge in [0.1, 0.15) is 6.07 Å². The fourth-order valence-electron chi connectivity index (χ4n) is 1.27. The van der Waals surface area contributed by atoms with Crippen molar-refractivity contribution in [2.75, 3.05) is 6.61 Å². The number of nitrogens with zero attached hydrogens (tertiary/aromatic N) is 1. The van der Waals surface area contributed by atoms with Crippen LogP contribution in [0, 0.1) is 14.9 Å². The summed E-state index contributed by atoms with van der Waals surface area (Å²) in [6.07, 6.45) is -4.67. The zero-order valence-electron chi connectivity index (χ0n) is 9.14. The first-order valence-corrected chi connectivity index (χ1v) is 5.87. The number of ether oxygens (including phenoxy) is 1. The van der Waals surface area contributed by atoms with Crippen LogP contribution in [0.25, 0.3) is 0 Å². The molecule has 0 N–H and O–H groups in total. The third-order valence-electron chi connectivity index (χ3n) is 2.03. The molecule has 0 saturated carbocycles. The second-order valence-corrected chi connectivity index (χ2v) is 4.37. The maximum atomic E-state index is 12.8. The molecule has 1 aromatic rings. The van der Waals surface area contributed by atoms with E-state index in [1.54, 1.807) is 28.7 Å². The molecule has 7 heteroatoms. The van der Waals surface area contributed by atoms with Gasteiger partial charge in [-0.2, -0.15) is 18.4 Å². The van der Waals surface area contributed by atoms with Gasteiger partial charge in [-0.1, -0.05) is 0 Å². The Morgan fingerprint density at radius 3 is 2.56 bits per heavy atom. The lowest BCUT2D eigenvalue weighted by atomic mass is 10.0. The minimum absolute atomic E-state index is 0.00616. The van der Waals surface area contributed by atoms with Gasteiger partial charge >= 0.3 is 12.1 Å². The van der Waals surface area contributed by atoms with Gasteiger partial charge in [-0.3, -0.25) is 0 Å². The Balaban J connectivity index is 3.46. The Hall–Kier alpha value is -1.30. The first kappa shape index (κ1) is 14.8. The van der Waals surface area contributed by atoms with Crippen molar-refractivity contribution in [3.8, 4) is 6.07 Å². The Labute approximate surface area is 115 Å². The van der Waals surface area contributed by atoms with Crippen molar-refractivity contribution in [2.24, 2.45) is 0 Å². The van der Waals surface area contributed by atoms with Crippen molar-refractivity contribution in [3.63, 3.8) is 0 Å². The summed E-state index contributed by atoms with van der Waals surface area (Å²) < 4.78 is 43.0. The van der Waals surface area contributed by atoms with Crippen LogP contribution in [0.4, 0.5) is 13.2 Å². The Bertz CT molecular complexity index is 520. The topological polar surface area (TPSA) is 50.1 Å². The normalized spacial score (nSPS) is 10.9. The van der Waals surface area contributed by atoms with Crippen LogP contribution in [-0.2, 0) is 10.9 Å². The Kier molecular flexibility index (Phi) is 4.56. The van der Waals surface area contributed by atoms with Crippen LogP contribution in [0.5, 0.6) is 0 Å². The van der Waals surface area contributed by atoms with Crippen LogP contribution in [0.3, 0.4) is 0 Å². The van der Waals surface area contributed by atoms with Crippen molar-refractivity contribution in [3.05, 3.63) is 32.4 Å². The largest absolute Gasteiger partial charge is 0.462 e. The number of hydrogen-bond acceptors (Lipinski definition) is 3. The van der Waals surface area contributed by atoms with E-state index in [4.69, 9.17) is 5.26 Å². The molecule has 1 aromatic carbocycles. The maximum absolute atomic E-state index is 12.8. The van der Waals surface area contributed by atoms with E-state index >= 15 is 0 Å². The van der Waals surface area contributed by atoms with Gasteiger partial charge in [0.15, 0.2) is 0 Å². The maximum Gasteiger partial charge on any atom is 0.417 e. The SMILES string of the molecule is CCOC(=O)c1cc(C#N)c(I)cc1C(F)(F)F. The highest BCUT2D eigenvalue weighted by atomic mass is 127. The third-order valence-corrected chi connectivity index (χ3v) is 2.92. The summed E-state index contributed by atoms with van der Waals surface area (Å²) >= 11 is 1.61. The molecular formula is C11H7F3INO2. The van der Waals surface area contributed by atoms with E-state index in [-0.39, 0.29) is 15.7 Å². The van der Waals surface area contributed by atoms with Crippen molar-refractivity contribution < 1.29 is 22.7 Å². The van der Waals surface area contributed by atoms with Gasteiger partial charge in [-0.25, -0.2) is 4.79 Å². The number of benzene rings is 1. The third kappa shape index (κ3) is 3.13. The molecule has 0 aliphatic heterocycles. The zero-order chi connectivity index (χ0) is 13.9. The number of carbonyl (C=O) groups excluding carboxylic acids is 1. The monoisotopic (exact) mass is 369 g/mol. The quantitative estimate of drug-likeness (QED) is 0.594.